The highest BCUT2D eigenvalue weighted by atomic mass is 16.4. The van der Waals surface area contributed by atoms with Crippen LogP contribution in [0.2, 0.25) is 0 Å². The lowest BCUT2D eigenvalue weighted by molar-refractivity contribution is 0.0689. The van der Waals surface area contributed by atoms with E-state index in [0.29, 0.717) is 12.5 Å². The molecule has 0 radical (unpaired) electrons. The van der Waals surface area contributed by atoms with E-state index in [1.807, 2.05) is 0 Å². The van der Waals surface area contributed by atoms with Crippen molar-refractivity contribution in [3.63, 3.8) is 0 Å². The number of rotatable bonds is 6. The molecular formula is C15H18N2O3. The third-order valence-electron chi connectivity index (χ3n) is 4.21. The zero-order chi connectivity index (χ0) is 14.1. The van der Waals surface area contributed by atoms with E-state index in [2.05, 4.69) is 10.3 Å². The molecule has 0 atom stereocenters. The zero-order valence-electron chi connectivity index (χ0n) is 11.2. The normalized spacial score (nSPS) is 18.1. The first-order valence-corrected chi connectivity index (χ1v) is 7.13. The average Bonchev–Trinajstić information content (AvgIpc) is 3.31. The predicted octanol–water partition coefficient (Wildman–Crippen LogP) is 1.95. The Labute approximate surface area is 117 Å². The topological polar surface area (TPSA) is 79.3 Å². The third kappa shape index (κ3) is 2.81. The number of pyridine rings is 1. The van der Waals surface area contributed by atoms with Crippen LogP contribution in [0.15, 0.2) is 18.3 Å². The van der Waals surface area contributed by atoms with Gasteiger partial charge in [0.05, 0.1) is 5.56 Å². The summed E-state index contributed by atoms with van der Waals surface area (Å²) in [5.74, 6) is 0.574. The molecule has 0 bridgehead atoms. The molecule has 1 amide bonds. The number of carboxylic acids is 1. The molecule has 2 aliphatic carbocycles. The molecule has 2 fully saturated rings. The fraction of sp³-hybridized carbons (Fsp3) is 0.533. The number of hydrogen-bond donors (Lipinski definition) is 2. The van der Waals surface area contributed by atoms with Crippen molar-refractivity contribution in [1.82, 2.24) is 10.3 Å². The number of nitrogens with zero attached hydrogens (tertiary/aromatic N) is 1. The molecule has 1 aromatic rings. The minimum atomic E-state index is -1.12. The van der Waals surface area contributed by atoms with E-state index in [0.717, 1.165) is 11.8 Å². The van der Waals surface area contributed by atoms with Crippen LogP contribution < -0.4 is 5.32 Å². The summed E-state index contributed by atoms with van der Waals surface area (Å²) in [5.41, 5.74) is -0.0373. The lowest BCUT2D eigenvalue weighted by Gasteiger charge is -2.16. The summed E-state index contributed by atoms with van der Waals surface area (Å²) in [7, 11) is 0. The second kappa shape index (κ2) is 5.23. The molecule has 5 heteroatoms. The Bertz CT molecular complexity index is 524. The van der Waals surface area contributed by atoms with Crippen molar-refractivity contribution in [3.8, 4) is 0 Å². The number of carboxylic acid groups (broad SMARTS) is 1. The first-order chi connectivity index (χ1) is 9.66. The van der Waals surface area contributed by atoms with Gasteiger partial charge in [-0.3, -0.25) is 9.78 Å². The van der Waals surface area contributed by atoms with Gasteiger partial charge in [-0.2, -0.15) is 0 Å². The molecule has 0 aliphatic heterocycles. The molecule has 5 nitrogen and oxygen atoms in total. The molecule has 3 rings (SSSR count). The van der Waals surface area contributed by atoms with E-state index >= 15 is 0 Å². The van der Waals surface area contributed by atoms with Crippen LogP contribution in [0.4, 0.5) is 0 Å². The highest BCUT2D eigenvalue weighted by Gasteiger charge is 2.41. The molecular weight excluding hydrogens is 256 g/mol. The Morgan fingerprint density at radius 3 is 2.50 bits per heavy atom. The fourth-order valence-corrected chi connectivity index (χ4v) is 2.82. The number of carbonyl (C=O) groups is 2. The van der Waals surface area contributed by atoms with Crippen LogP contribution in [-0.2, 0) is 0 Å². The van der Waals surface area contributed by atoms with Gasteiger partial charge < -0.3 is 10.4 Å². The Hall–Kier alpha value is -1.91. The SMILES string of the molecule is O=C(O)c1cccnc1C(=O)NCC(C1CC1)C1CC1. The Kier molecular flexibility index (Phi) is 3.42. The predicted molar refractivity (Wildman–Crippen MR) is 72.5 cm³/mol. The van der Waals surface area contributed by atoms with Gasteiger partial charge in [-0.15, -0.1) is 0 Å². The van der Waals surface area contributed by atoms with Crippen LogP contribution >= 0.6 is 0 Å². The maximum Gasteiger partial charge on any atom is 0.338 e. The second-order valence-electron chi connectivity index (χ2n) is 5.75. The van der Waals surface area contributed by atoms with Crippen LogP contribution in [0.1, 0.15) is 46.5 Å². The van der Waals surface area contributed by atoms with Gasteiger partial charge in [0, 0.05) is 12.7 Å². The van der Waals surface area contributed by atoms with Crippen molar-refractivity contribution in [2.24, 2.45) is 17.8 Å². The van der Waals surface area contributed by atoms with Crippen molar-refractivity contribution in [2.45, 2.75) is 25.7 Å². The molecule has 1 aromatic heterocycles. The van der Waals surface area contributed by atoms with Crippen molar-refractivity contribution >= 4 is 11.9 Å². The minimum absolute atomic E-state index is 0.00495. The van der Waals surface area contributed by atoms with E-state index < -0.39 is 5.97 Å². The zero-order valence-corrected chi connectivity index (χ0v) is 11.2. The van der Waals surface area contributed by atoms with Gasteiger partial charge in [0.1, 0.15) is 5.69 Å². The molecule has 2 aliphatic rings. The summed E-state index contributed by atoms with van der Waals surface area (Å²) < 4.78 is 0. The van der Waals surface area contributed by atoms with Gasteiger partial charge in [0.15, 0.2) is 0 Å². The Balaban J connectivity index is 1.65. The largest absolute Gasteiger partial charge is 0.478 e. The van der Waals surface area contributed by atoms with Crippen LogP contribution in [0.3, 0.4) is 0 Å². The van der Waals surface area contributed by atoms with Crippen LogP contribution in [0.25, 0.3) is 0 Å². The molecule has 2 saturated carbocycles. The van der Waals surface area contributed by atoms with Crippen LogP contribution in [0.5, 0.6) is 0 Å². The number of hydrogen-bond acceptors (Lipinski definition) is 3. The van der Waals surface area contributed by atoms with E-state index in [9.17, 15) is 9.59 Å². The summed E-state index contributed by atoms with van der Waals surface area (Å²) in [6.07, 6.45) is 6.50. The number of nitrogens with one attached hydrogen (secondary N) is 1. The monoisotopic (exact) mass is 274 g/mol. The summed E-state index contributed by atoms with van der Waals surface area (Å²) in [6.45, 7) is 0.643. The van der Waals surface area contributed by atoms with Gasteiger partial charge in [0.25, 0.3) is 5.91 Å². The molecule has 0 aromatic carbocycles. The van der Waals surface area contributed by atoms with Crippen LogP contribution in [-0.4, -0.2) is 28.5 Å². The highest BCUT2D eigenvalue weighted by molar-refractivity contribution is 6.03. The third-order valence-corrected chi connectivity index (χ3v) is 4.21. The van der Waals surface area contributed by atoms with Gasteiger partial charge in [-0.1, -0.05) is 0 Å². The van der Waals surface area contributed by atoms with Crippen molar-refractivity contribution in [3.05, 3.63) is 29.6 Å². The average molecular weight is 274 g/mol. The van der Waals surface area contributed by atoms with E-state index in [1.54, 1.807) is 0 Å². The standard InChI is InChI=1S/C15H18N2O3/c18-14(13-11(15(19)20)2-1-7-16-13)17-8-12(9-3-4-9)10-5-6-10/h1-2,7,9-10,12H,3-6,8H2,(H,17,18)(H,19,20). The van der Waals surface area contributed by atoms with Gasteiger partial charge >= 0.3 is 5.97 Å². The first-order valence-electron chi connectivity index (χ1n) is 7.13. The summed E-state index contributed by atoms with van der Waals surface area (Å²) in [4.78, 5) is 27.1. The highest BCUT2D eigenvalue weighted by Crippen LogP contribution is 2.48. The lowest BCUT2D eigenvalue weighted by atomic mass is 9.98. The van der Waals surface area contributed by atoms with Crippen molar-refractivity contribution in [1.29, 1.82) is 0 Å². The van der Waals surface area contributed by atoms with E-state index in [4.69, 9.17) is 5.11 Å². The maximum absolute atomic E-state index is 12.1. The van der Waals surface area contributed by atoms with E-state index in [1.165, 1.54) is 44.0 Å². The lowest BCUT2D eigenvalue weighted by Crippen LogP contribution is -2.32. The molecule has 1 heterocycles. The first kappa shape index (κ1) is 13.1. The van der Waals surface area contributed by atoms with Crippen LogP contribution in [0, 0.1) is 17.8 Å². The molecule has 0 spiro atoms. The number of carbonyl (C=O) groups excluding carboxylic acids is 1. The summed E-state index contributed by atoms with van der Waals surface area (Å²) in [6, 6.07) is 2.93. The maximum atomic E-state index is 12.1. The van der Waals surface area contributed by atoms with Crippen molar-refractivity contribution < 1.29 is 14.7 Å². The summed E-state index contributed by atoms with van der Waals surface area (Å²) >= 11 is 0. The second-order valence-corrected chi connectivity index (χ2v) is 5.75. The molecule has 2 N–H and O–H groups in total. The van der Waals surface area contributed by atoms with Gasteiger partial charge in [-0.05, 0) is 55.6 Å². The smallest absolute Gasteiger partial charge is 0.338 e. The van der Waals surface area contributed by atoms with Crippen molar-refractivity contribution in [2.75, 3.05) is 6.54 Å². The Morgan fingerprint density at radius 1 is 1.30 bits per heavy atom. The number of amides is 1. The Morgan fingerprint density at radius 2 is 1.95 bits per heavy atom. The summed E-state index contributed by atoms with van der Waals surface area (Å²) in [5, 5.41) is 11.9. The molecule has 106 valence electrons. The molecule has 0 unspecified atom stereocenters. The van der Waals surface area contributed by atoms with Gasteiger partial charge in [-0.25, -0.2) is 4.79 Å². The fourth-order valence-electron chi connectivity index (χ4n) is 2.82. The van der Waals surface area contributed by atoms with Gasteiger partial charge in [0.2, 0.25) is 0 Å². The number of aromatic carboxylic acids is 1. The number of aromatic nitrogens is 1. The van der Waals surface area contributed by atoms with E-state index in [-0.39, 0.29) is 17.2 Å². The molecule has 0 saturated heterocycles. The quantitative estimate of drug-likeness (QED) is 0.831. The molecule has 20 heavy (non-hydrogen) atoms. The minimum Gasteiger partial charge on any atom is -0.478 e.